The molecule has 0 unspecified atom stereocenters. The van der Waals surface area contributed by atoms with Crippen LogP contribution < -0.4 is 0 Å². The van der Waals surface area contributed by atoms with Crippen LogP contribution in [0.1, 0.15) is 86.1 Å². The fraction of sp³-hybridized carbons (Fsp3) is 0.139. The zero-order valence-electron chi connectivity index (χ0n) is 46.9. The summed E-state index contributed by atoms with van der Waals surface area (Å²) in [7, 11) is 0. The van der Waals surface area contributed by atoms with Crippen molar-refractivity contribution >= 4 is 65.4 Å². The lowest BCUT2D eigenvalue weighted by Gasteiger charge is -2.25. The predicted molar refractivity (Wildman–Crippen MR) is 340 cm³/mol. The van der Waals surface area contributed by atoms with Crippen molar-refractivity contribution in [3.63, 3.8) is 0 Å². The van der Waals surface area contributed by atoms with Gasteiger partial charge >= 0.3 is 0 Å². The number of hydrogen-bond donors (Lipinski definition) is 0. The van der Waals surface area contributed by atoms with Crippen molar-refractivity contribution in [1.82, 2.24) is 0 Å². The maximum Gasteiger partial charge on any atom is 0.143 e. The first-order valence-electron chi connectivity index (χ1n) is 28.8. The maximum absolute atomic E-state index is 6.88. The molecule has 0 bridgehead atoms. The molecule has 0 aliphatic heterocycles. The Balaban J connectivity index is 0.794. The Kier molecular flexibility index (Phi) is 9.21. The van der Waals surface area contributed by atoms with Crippen molar-refractivity contribution in [2.75, 3.05) is 0 Å². The van der Waals surface area contributed by atoms with Crippen LogP contribution in [-0.2, 0) is 16.2 Å². The minimum atomic E-state index is -0.261. The molecule has 3 aliphatic rings. The third kappa shape index (κ3) is 6.18. The third-order valence-electron chi connectivity index (χ3n) is 19.7. The maximum atomic E-state index is 6.88. The van der Waals surface area contributed by atoms with Gasteiger partial charge in [0, 0.05) is 48.9 Å². The van der Waals surface area contributed by atoms with Gasteiger partial charge in [-0.05, 0) is 207 Å². The summed E-state index contributed by atoms with van der Waals surface area (Å²) >= 11 is 0. The summed E-state index contributed by atoms with van der Waals surface area (Å²) in [6.07, 6.45) is 0. The second-order valence-electron chi connectivity index (χ2n) is 25.2. The monoisotopic (exact) mass is 1040 g/mol. The zero-order chi connectivity index (χ0) is 54.6. The fourth-order valence-electron chi connectivity index (χ4n) is 15.5. The summed E-state index contributed by atoms with van der Waals surface area (Å²) in [6.45, 7) is 19.2. The molecular formula is C79H58O2. The molecule has 2 nitrogen and oxygen atoms in total. The SMILES string of the molecule is Cc1cc2c(cc1-c1cc3c(c4ccccc14)-c1cc4c(cc1C3(C)C)-c1cc3c(cc1C4(C)C)-c1c(cc(-c4cc5oc6c(-c7ccccc7)cccc6c5cc4C)c4ccccc14)C3(C)C)oc1c(-c3ccccc3)cccc12. The number of furan rings is 2. The topological polar surface area (TPSA) is 26.3 Å². The summed E-state index contributed by atoms with van der Waals surface area (Å²) in [5.41, 5.74) is 31.5. The molecule has 81 heavy (non-hydrogen) atoms. The molecule has 17 rings (SSSR count). The number of rotatable bonds is 4. The molecule has 0 atom stereocenters. The highest BCUT2D eigenvalue weighted by Gasteiger charge is 2.46. The predicted octanol–water partition coefficient (Wildman–Crippen LogP) is 22.0. The van der Waals surface area contributed by atoms with Crippen molar-refractivity contribution in [3.05, 3.63) is 251 Å². The average molecular weight is 1040 g/mol. The summed E-state index contributed by atoms with van der Waals surface area (Å²) in [5.74, 6) is 0. The molecular weight excluding hydrogens is 981 g/mol. The van der Waals surface area contributed by atoms with Gasteiger partial charge in [0.15, 0.2) is 0 Å². The summed E-state index contributed by atoms with van der Waals surface area (Å²) in [4.78, 5) is 0. The van der Waals surface area contributed by atoms with Gasteiger partial charge in [-0.25, -0.2) is 0 Å². The first-order valence-corrected chi connectivity index (χ1v) is 28.8. The zero-order valence-corrected chi connectivity index (χ0v) is 46.9. The lowest BCUT2D eigenvalue weighted by molar-refractivity contribution is 0.649. The van der Waals surface area contributed by atoms with E-state index in [2.05, 4.69) is 262 Å². The van der Waals surface area contributed by atoms with E-state index in [4.69, 9.17) is 8.83 Å². The molecule has 3 aliphatic carbocycles. The lowest BCUT2D eigenvalue weighted by atomic mass is 9.78. The highest BCUT2D eigenvalue weighted by Crippen LogP contribution is 2.62. The largest absolute Gasteiger partial charge is 0.455 e. The van der Waals surface area contributed by atoms with E-state index in [1.807, 2.05) is 0 Å². The van der Waals surface area contributed by atoms with Crippen molar-refractivity contribution in [3.8, 4) is 77.9 Å². The molecule has 0 saturated carbocycles. The van der Waals surface area contributed by atoms with Crippen LogP contribution in [0, 0.1) is 13.8 Å². The molecule has 2 heterocycles. The smallest absolute Gasteiger partial charge is 0.143 e. The number of fused-ring (bicyclic) bond motifs is 19. The normalized spacial score (nSPS) is 15.0. The minimum Gasteiger partial charge on any atom is -0.455 e. The molecule has 0 fully saturated rings. The van der Waals surface area contributed by atoms with Gasteiger partial charge in [0.05, 0.1) is 0 Å². The molecule has 2 heteroatoms. The Morgan fingerprint density at radius 1 is 0.247 bits per heavy atom. The number of aryl methyl sites for hydroxylation is 2. The summed E-state index contributed by atoms with van der Waals surface area (Å²) in [6, 6.07) is 77.2. The summed E-state index contributed by atoms with van der Waals surface area (Å²) in [5, 5.41) is 9.74. The van der Waals surface area contributed by atoms with Crippen LogP contribution in [0.15, 0.2) is 215 Å². The number of hydrogen-bond acceptors (Lipinski definition) is 2. The van der Waals surface area contributed by atoms with Gasteiger partial charge in [-0.1, -0.05) is 187 Å². The van der Waals surface area contributed by atoms with Crippen LogP contribution in [0.4, 0.5) is 0 Å². The van der Waals surface area contributed by atoms with Crippen LogP contribution in [0.25, 0.3) is 143 Å². The van der Waals surface area contributed by atoms with Gasteiger partial charge in [0.25, 0.3) is 0 Å². The summed E-state index contributed by atoms with van der Waals surface area (Å²) < 4.78 is 13.8. The molecule has 12 aromatic carbocycles. The standard InChI is InChI=1S/C79H58O2/c1-43-33-61-53-31-19-29-47(45-21-11-9-12-22-45)75(53)80-71(61)41-55(43)57-35-69-73(51-27-17-15-25-49(51)57)63-39-65-59(37-67(63)78(69,5)6)60-38-68-64(40-66(60)77(65,3)4)74-52-28-18-16-26-50(52)58(36-70(74)79(68,7)8)56-42-72-62(34-44(56)2)54-32-20-30-48(76(54)81-72)46-23-13-10-14-24-46/h9-42H,1-8H3. The van der Waals surface area contributed by atoms with Crippen LogP contribution >= 0.6 is 0 Å². The second-order valence-corrected chi connectivity index (χ2v) is 25.2. The van der Waals surface area contributed by atoms with Gasteiger partial charge in [0.1, 0.15) is 22.3 Å². The molecule has 14 aromatic rings. The van der Waals surface area contributed by atoms with Crippen LogP contribution in [-0.4, -0.2) is 0 Å². The van der Waals surface area contributed by atoms with Gasteiger partial charge in [-0.3, -0.25) is 0 Å². The molecule has 0 N–H and O–H groups in total. The van der Waals surface area contributed by atoms with Crippen molar-refractivity contribution in [2.24, 2.45) is 0 Å². The van der Waals surface area contributed by atoms with Crippen LogP contribution in [0.5, 0.6) is 0 Å². The molecule has 0 radical (unpaired) electrons. The lowest BCUT2D eigenvalue weighted by Crippen LogP contribution is -2.17. The van der Waals surface area contributed by atoms with E-state index in [-0.39, 0.29) is 16.2 Å². The number of benzene rings is 12. The molecule has 2 aromatic heterocycles. The van der Waals surface area contributed by atoms with Crippen molar-refractivity contribution < 1.29 is 8.83 Å². The molecule has 386 valence electrons. The first kappa shape index (κ1) is 46.7. The van der Waals surface area contributed by atoms with E-state index in [9.17, 15) is 0 Å². The Labute approximate surface area is 472 Å². The molecule has 0 amide bonds. The number of para-hydroxylation sites is 2. The van der Waals surface area contributed by atoms with E-state index in [1.165, 1.54) is 122 Å². The van der Waals surface area contributed by atoms with E-state index < -0.39 is 0 Å². The quantitative estimate of drug-likeness (QED) is 0.176. The van der Waals surface area contributed by atoms with Crippen molar-refractivity contribution in [2.45, 2.75) is 71.6 Å². The first-order chi connectivity index (χ1) is 39.3. The highest BCUT2D eigenvalue weighted by molar-refractivity contribution is 6.16. The van der Waals surface area contributed by atoms with Gasteiger partial charge in [-0.2, -0.15) is 0 Å². The van der Waals surface area contributed by atoms with E-state index >= 15 is 0 Å². The van der Waals surface area contributed by atoms with Crippen LogP contribution in [0.2, 0.25) is 0 Å². The van der Waals surface area contributed by atoms with E-state index in [0.29, 0.717) is 0 Å². The Hall–Kier alpha value is -9.24. The van der Waals surface area contributed by atoms with E-state index in [0.717, 1.165) is 66.1 Å². The Morgan fingerprint density at radius 2 is 0.580 bits per heavy atom. The fourth-order valence-corrected chi connectivity index (χ4v) is 15.5. The van der Waals surface area contributed by atoms with Crippen LogP contribution in [0.3, 0.4) is 0 Å². The average Bonchev–Trinajstić information content (AvgIpc) is 2.07. The van der Waals surface area contributed by atoms with Crippen molar-refractivity contribution in [1.29, 1.82) is 0 Å². The third-order valence-corrected chi connectivity index (χ3v) is 19.7. The Morgan fingerprint density at radius 3 is 1.00 bits per heavy atom. The minimum absolute atomic E-state index is 0.237. The highest BCUT2D eigenvalue weighted by atomic mass is 16.3. The molecule has 0 spiro atoms. The van der Waals surface area contributed by atoms with Gasteiger partial charge in [-0.15, -0.1) is 0 Å². The Bertz CT molecular complexity index is 4810. The second kappa shape index (κ2) is 16.0. The van der Waals surface area contributed by atoms with E-state index in [1.54, 1.807) is 0 Å². The molecule has 0 saturated heterocycles. The van der Waals surface area contributed by atoms with Gasteiger partial charge in [0.2, 0.25) is 0 Å². The van der Waals surface area contributed by atoms with Gasteiger partial charge < -0.3 is 8.83 Å².